The Kier molecular flexibility index (Phi) is 6.17. The largest absolute Gasteiger partial charge is 0.497 e. The summed E-state index contributed by atoms with van der Waals surface area (Å²) in [4.78, 5) is 12.3. The molecule has 0 aliphatic rings. The Morgan fingerprint density at radius 1 is 1.08 bits per heavy atom. The third-order valence-corrected chi connectivity index (χ3v) is 5.64. The van der Waals surface area contributed by atoms with Crippen molar-refractivity contribution in [3.8, 4) is 5.75 Å². The molecule has 7 heteroatoms. The molecule has 1 amide bonds. The molecular formula is C18H22N2O4S. The molecule has 0 spiro atoms. The smallest absolute Gasteiger partial charge is 0.243 e. The Morgan fingerprint density at radius 2 is 1.68 bits per heavy atom. The van der Waals surface area contributed by atoms with Crippen LogP contribution in [0.4, 0.5) is 5.69 Å². The van der Waals surface area contributed by atoms with E-state index in [4.69, 9.17) is 4.74 Å². The van der Waals surface area contributed by atoms with E-state index in [0.717, 1.165) is 9.87 Å². The van der Waals surface area contributed by atoms with Gasteiger partial charge < -0.3 is 10.1 Å². The van der Waals surface area contributed by atoms with Crippen LogP contribution in [0.3, 0.4) is 0 Å². The van der Waals surface area contributed by atoms with Gasteiger partial charge in [-0.15, -0.1) is 0 Å². The molecule has 0 unspecified atom stereocenters. The molecule has 2 rings (SSSR count). The van der Waals surface area contributed by atoms with E-state index >= 15 is 0 Å². The normalized spacial score (nSPS) is 11.4. The third kappa shape index (κ3) is 4.80. The van der Waals surface area contributed by atoms with Crippen molar-refractivity contribution >= 4 is 21.6 Å². The summed E-state index contributed by atoms with van der Waals surface area (Å²) < 4.78 is 31.6. The predicted molar refractivity (Wildman–Crippen MR) is 97.2 cm³/mol. The number of likely N-dealkylation sites (N-methyl/N-ethyl adjacent to an activating group) is 1. The highest BCUT2D eigenvalue weighted by molar-refractivity contribution is 7.89. The van der Waals surface area contributed by atoms with Crippen LogP contribution in [0.5, 0.6) is 5.75 Å². The molecule has 0 radical (unpaired) electrons. The molecule has 2 aromatic rings. The van der Waals surface area contributed by atoms with Crippen LogP contribution in [0.15, 0.2) is 53.4 Å². The van der Waals surface area contributed by atoms with Crippen molar-refractivity contribution in [2.45, 2.75) is 18.7 Å². The third-order valence-electron chi connectivity index (χ3n) is 3.71. The SMILES string of the molecule is CCN(CC(=O)Nc1ccc(C)cc1)S(=O)(=O)c1ccc(OC)cc1. The van der Waals surface area contributed by atoms with Crippen molar-refractivity contribution < 1.29 is 17.9 Å². The molecule has 0 fully saturated rings. The van der Waals surface area contributed by atoms with Gasteiger partial charge in [0.15, 0.2) is 0 Å². The number of hydrogen-bond donors (Lipinski definition) is 1. The topological polar surface area (TPSA) is 75.7 Å². The minimum Gasteiger partial charge on any atom is -0.497 e. The summed E-state index contributed by atoms with van der Waals surface area (Å²) in [7, 11) is -2.24. The molecule has 25 heavy (non-hydrogen) atoms. The fraction of sp³-hybridized carbons (Fsp3) is 0.278. The number of hydrogen-bond acceptors (Lipinski definition) is 4. The molecule has 6 nitrogen and oxygen atoms in total. The van der Waals surface area contributed by atoms with Gasteiger partial charge in [-0.3, -0.25) is 4.79 Å². The molecule has 0 saturated heterocycles. The fourth-order valence-corrected chi connectivity index (χ4v) is 3.67. The average Bonchev–Trinajstić information content (AvgIpc) is 2.61. The van der Waals surface area contributed by atoms with E-state index in [0.29, 0.717) is 11.4 Å². The van der Waals surface area contributed by atoms with Crippen molar-refractivity contribution in [2.75, 3.05) is 25.5 Å². The average molecular weight is 362 g/mol. The van der Waals surface area contributed by atoms with Crippen LogP contribution in [0, 0.1) is 6.92 Å². The number of rotatable bonds is 7. The number of sulfonamides is 1. The summed E-state index contributed by atoms with van der Waals surface area (Å²) in [6.45, 7) is 3.58. The van der Waals surface area contributed by atoms with Gasteiger partial charge in [0.2, 0.25) is 15.9 Å². The highest BCUT2D eigenvalue weighted by Gasteiger charge is 2.25. The van der Waals surface area contributed by atoms with Gasteiger partial charge >= 0.3 is 0 Å². The Bertz CT molecular complexity index is 815. The Balaban J connectivity index is 2.11. The number of nitrogens with one attached hydrogen (secondary N) is 1. The molecule has 0 heterocycles. The van der Waals surface area contributed by atoms with Crippen LogP contribution in [0.1, 0.15) is 12.5 Å². The summed E-state index contributed by atoms with van der Waals surface area (Å²) in [5.41, 5.74) is 1.71. The molecule has 0 aromatic heterocycles. The van der Waals surface area contributed by atoms with Gasteiger partial charge in [-0.05, 0) is 43.3 Å². The first-order chi connectivity index (χ1) is 11.9. The number of amides is 1. The van der Waals surface area contributed by atoms with Crippen LogP contribution in [-0.2, 0) is 14.8 Å². The molecule has 0 aliphatic heterocycles. The van der Waals surface area contributed by atoms with Crippen molar-refractivity contribution in [1.29, 1.82) is 0 Å². The molecule has 2 aromatic carbocycles. The minimum absolute atomic E-state index is 0.123. The highest BCUT2D eigenvalue weighted by Crippen LogP contribution is 2.19. The van der Waals surface area contributed by atoms with Crippen LogP contribution in [0.2, 0.25) is 0 Å². The van der Waals surface area contributed by atoms with Gasteiger partial charge in [0.25, 0.3) is 0 Å². The van der Waals surface area contributed by atoms with Gasteiger partial charge in [-0.2, -0.15) is 4.31 Å². The lowest BCUT2D eigenvalue weighted by Crippen LogP contribution is -2.37. The summed E-state index contributed by atoms with van der Waals surface area (Å²) in [6, 6.07) is 13.4. The standard InChI is InChI=1S/C18H22N2O4S/c1-4-20(13-18(21)19-15-7-5-14(2)6-8-15)25(22,23)17-11-9-16(24-3)10-12-17/h5-12H,4,13H2,1-3H3,(H,19,21). The minimum atomic E-state index is -3.75. The lowest BCUT2D eigenvalue weighted by atomic mass is 10.2. The van der Waals surface area contributed by atoms with Crippen molar-refractivity contribution in [3.05, 3.63) is 54.1 Å². The second-order valence-corrected chi connectivity index (χ2v) is 7.46. The highest BCUT2D eigenvalue weighted by atomic mass is 32.2. The first-order valence-electron chi connectivity index (χ1n) is 7.87. The van der Waals surface area contributed by atoms with Crippen LogP contribution in [0.25, 0.3) is 0 Å². The van der Waals surface area contributed by atoms with Crippen LogP contribution >= 0.6 is 0 Å². The number of carbonyl (C=O) groups excluding carboxylic acids is 1. The van der Waals surface area contributed by atoms with Gasteiger partial charge in [-0.1, -0.05) is 24.6 Å². The van der Waals surface area contributed by atoms with Crippen LogP contribution < -0.4 is 10.1 Å². The lowest BCUT2D eigenvalue weighted by Gasteiger charge is -2.20. The Hall–Kier alpha value is -2.38. The molecule has 0 bridgehead atoms. The lowest BCUT2D eigenvalue weighted by molar-refractivity contribution is -0.116. The molecular weight excluding hydrogens is 340 g/mol. The second-order valence-electron chi connectivity index (χ2n) is 5.52. The van der Waals surface area contributed by atoms with Gasteiger partial charge in [0.1, 0.15) is 5.75 Å². The number of carbonyl (C=O) groups is 1. The summed E-state index contributed by atoms with van der Waals surface area (Å²) >= 11 is 0. The number of anilines is 1. The zero-order chi connectivity index (χ0) is 18.4. The number of benzene rings is 2. The van der Waals surface area contributed by atoms with E-state index in [1.165, 1.54) is 19.2 Å². The number of aryl methyl sites for hydroxylation is 1. The second kappa shape index (κ2) is 8.13. The maximum Gasteiger partial charge on any atom is 0.243 e. The van der Waals surface area contributed by atoms with E-state index in [-0.39, 0.29) is 23.9 Å². The number of methoxy groups -OCH3 is 1. The number of nitrogens with zero attached hydrogens (tertiary/aromatic N) is 1. The molecule has 0 atom stereocenters. The fourth-order valence-electron chi connectivity index (χ4n) is 2.26. The van der Waals surface area contributed by atoms with E-state index in [9.17, 15) is 13.2 Å². The van der Waals surface area contributed by atoms with Gasteiger partial charge in [-0.25, -0.2) is 8.42 Å². The molecule has 0 saturated carbocycles. The summed E-state index contributed by atoms with van der Waals surface area (Å²) in [5, 5.41) is 2.71. The molecule has 134 valence electrons. The Labute approximate surface area is 148 Å². The molecule has 1 N–H and O–H groups in total. The maximum atomic E-state index is 12.7. The predicted octanol–water partition coefficient (Wildman–Crippen LogP) is 2.65. The quantitative estimate of drug-likeness (QED) is 0.822. The summed E-state index contributed by atoms with van der Waals surface area (Å²) in [5.74, 6) is 0.182. The van der Waals surface area contributed by atoms with Crippen molar-refractivity contribution in [3.63, 3.8) is 0 Å². The van der Waals surface area contributed by atoms with E-state index < -0.39 is 10.0 Å². The zero-order valence-electron chi connectivity index (χ0n) is 14.5. The number of ether oxygens (including phenoxy) is 1. The van der Waals surface area contributed by atoms with Crippen molar-refractivity contribution in [1.82, 2.24) is 4.31 Å². The zero-order valence-corrected chi connectivity index (χ0v) is 15.3. The van der Waals surface area contributed by atoms with Gasteiger partial charge in [0, 0.05) is 12.2 Å². The van der Waals surface area contributed by atoms with Gasteiger partial charge in [0.05, 0.1) is 18.6 Å². The first kappa shape index (κ1) is 19.0. The first-order valence-corrected chi connectivity index (χ1v) is 9.31. The van der Waals surface area contributed by atoms with E-state index in [1.807, 2.05) is 19.1 Å². The monoisotopic (exact) mass is 362 g/mol. The molecule has 0 aliphatic carbocycles. The Morgan fingerprint density at radius 3 is 2.20 bits per heavy atom. The van der Waals surface area contributed by atoms with E-state index in [2.05, 4.69) is 5.32 Å². The maximum absolute atomic E-state index is 12.7. The van der Waals surface area contributed by atoms with Crippen LogP contribution in [-0.4, -0.2) is 38.8 Å². The van der Waals surface area contributed by atoms with Crippen molar-refractivity contribution in [2.24, 2.45) is 0 Å². The van der Waals surface area contributed by atoms with E-state index in [1.54, 1.807) is 31.2 Å². The summed E-state index contributed by atoms with van der Waals surface area (Å²) in [6.07, 6.45) is 0.